The van der Waals surface area contributed by atoms with Gasteiger partial charge in [-0.05, 0) is 25.0 Å². The fourth-order valence-electron chi connectivity index (χ4n) is 1.58. The Bertz CT molecular complexity index is 558. The molecule has 1 aromatic carbocycles. The standard InChI is InChI=1S/C11H9N3O3/c15-14(16)9-5-3-7(4-6-9)10-12-11(17-13-10)8-1-2-8/h3-6,8H,1-2H2. The second-order valence-corrected chi connectivity index (χ2v) is 4.03. The molecule has 1 heterocycles. The Balaban J connectivity index is 1.89. The van der Waals surface area contributed by atoms with Gasteiger partial charge >= 0.3 is 0 Å². The van der Waals surface area contributed by atoms with Gasteiger partial charge in [-0.25, -0.2) is 0 Å². The first-order valence-corrected chi connectivity index (χ1v) is 5.32. The molecule has 6 nitrogen and oxygen atoms in total. The van der Waals surface area contributed by atoms with E-state index >= 15 is 0 Å². The molecule has 0 radical (unpaired) electrons. The van der Waals surface area contributed by atoms with Crippen molar-refractivity contribution in [3.63, 3.8) is 0 Å². The summed E-state index contributed by atoms with van der Waals surface area (Å²) >= 11 is 0. The van der Waals surface area contributed by atoms with Gasteiger partial charge in [0.15, 0.2) is 0 Å². The summed E-state index contributed by atoms with van der Waals surface area (Å²) < 4.78 is 5.13. The Labute approximate surface area is 96.4 Å². The van der Waals surface area contributed by atoms with Gasteiger partial charge in [-0.2, -0.15) is 4.98 Å². The minimum Gasteiger partial charge on any atom is -0.339 e. The van der Waals surface area contributed by atoms with Crippen molar-refractivity contribution in [2.45, 2.75) is 18.8 Å². The van der Waals surface area contributed by atoms with E-state index in [4.69, 9.17) is 4.52 Å². The molecule has 17 heavy (non-hydrogen) atoms. The van der Waals surface area contributed by atoms with Gasteiger partial charge in [0.2, 0.25) is 11.7 Å². The van der Waals surface area contributed by atoms with E-state index in [1.165, 1.54) is 12.1 Å². The Kier molecular flexibility index (Phi) is 2.14. The summed E-state index contributed by atoms with van der Waals surface area (Å²) in [5, 5.41) is 14.4. The van der Waals surface area contributed by atoms with Gasteiger partial charge in [-0.15, -0.1) is 0 Å². The molecule has 0 N–H and O–H groups in total. The third-order valence-corrected chi connectivity index (χ3v) is 2.70. The minimum absolute atomic E-state index is 0.0552. The van der Waals surface area contributed by atoms with E-state index in [1.54, 1.807) is 12.1 Å². The Hall–Kier alpha value is -2.24. The molecule has 0 amide bonds. The summed E-state index contributed by atoms with van der Waals surface area (Å²) in [4.78, 5) is 14.3. The maximum atomic E-state index is 10.5. The quantitative estimate of drug-likeness (QED) is 0.598. The molecule has 0 bridgehead atoms. The first-order valence-electron chi connectivity index (χ1n) is 5.32. The zero-order chi connectivity index (χ0) is 11.8. The fourth-order valence-corrected chi connectivity index (χ4v) is 1.58. The lowest BCUT2D eigenvalue weighted by Crippen LogP contribution is -1.88. The van der Waals surface area contributed by atoms with Crippen LogP contribution in [0.1, 0.15) is 24.7 Å². The van der Waals surface area contributed by atoms with Gasteiger partial charge in [0.05, 0.1) is 4.92 Å². The molecule has 3 rings (SSSR count). The van der Waals surface area contributed by atoms with Gasteiger partial charge in [0.1, 0.15) is 0 Å². The fraction of sp³-hybridized carbons (Fsp3) is 0.273. The van der Waals surface area contributed by atoms with Gasteiger partial charge in [-0.1, -0.05) is 5.16 Å². The Morgan fingerprint density at radius 2 is 2.00 bits per heavy atom. The molecular weight excluding hydrogens is 222 g/mol. The molecule has 86 valence electrons. The van der Waals surface area contributed by atoms with Crippen LogP contribution in [-0.4, -0.2) is 15.1 Å². The normalized spacial score (nSPS) is 14.8. The number of nitro benzene ring substituents is 1. The van der Waals surface area contributed by atoms with Crippen LogP contribution in [0.4, 0.5) is 5.69 Å². The van der Waals surface area contributed by atoms with Gasteiger partial charge < -0.3 is 4.52 Å². The molecule has 1 aromatic heterocycles. The molecule has 0 unspecified atom stereocenters. The van der Waals surface area contributed by atoms with Crippen LogP contribution >= 0.6 is 0 Å². The van der Waals surface area contributed by atoms with Crippen LogP contribution in [0.15, 0.2) is 28.8 Å². The maximum absolute atomic E-state index is 10.5. The van der Waals surface area contributed by atoms with E-state index in [1.807, 2.05) is 0 Å². The predicted molar refractivity (Wildman–Crippen MR) is 58.4 cm³/mol. The average Bonchev–Trinajstić information content (AvgIpc) is 3.07. The first kappa shape index (κ1) is 9.95. The van der Waals surface area contributed by atoms with Crippen LogP contribution in [0.3, 0.4) is 0 Å². The number of benzene rings is 1. The number of aromatic nitrogens is 2. The second kappa shape index (κ2) is 3.65. The van der Waals surface area contributed by atoms with E-state index in [9.17, 15) is 10.1 Å². The highest BCUT2D eigenvalue weighted by Gasteiger charge is 2.29. The summed E-state index contributed by atoms with van der Waals surface area (Å²) in [6.07, 6.45) is 2.20. The number of hydrogen-bond donors (Lipinski definition) is 0. The molecule has 6 heteroatoms. The van der Waals surface area contributed by atoms with Crippen LogP contribution < -0.4 is 0 Å². The van der Waals surface area contributed by atoms with Gasteiger partial charge in [0, 0.05) is 23.6 Å². The summed E-state index contributed by atoms with van der Waals surface area (Å²) in [7, 11) is 0. The smallest absolute Gasteiger partial charge is 0.269 e. The van der Waals surface area contributed by atoms with Crippen LogP contribution in [0.25, 0.3) is 11.4 Å². The molecule has 1 fully saturated rings. The summed E-state index contributed by atoms with van der Waals surface area (Å²) in [6, 6.07) is 6.12. The molecule has 1 aliphatic rings. The highest BCUT2D eigenvalue weighted by molar-refractivity contribution is 5.56. The van der Waals surface area contributed by atoms with E-state index < -0.39 is 4.92 Å². The third kappa shape index (κ3) is 1.89. The molecule has 0 spiro atoms. The van der Waals surface area contributed by atoms with Crippen molar-refractivity contribution >= 4 is 5.69 Å². The SMILES string of the molecule is O=[N+]([O-])c1ccc(-c2noc(C3CC3)n2)cc1. The van der Waals surface area contributed by atoms with Gasteiger partial charge in [0.25, 0.3) is 5.69 Å². The number of nitrogens with zero attached hydrogens (tertiary/aromatic N) is 3. The Morgan fingerprint density at radius 3 is 2.59 bits per heavy atom. The van der Waals surface area contributed by atoms with Crippen LogP contribution in [-0.2, 0) is 0 Å². The van der Waals surface area contributed by atoms with E-state index in [-0.39, 0.29) is 5.69 Å². The third-order valence-electron chi connectivity index (χ3n) is 2.70. The van der Waals surface area contributed by atoms with E-state index in [2.05, 4.69) is 10.1 Å². The van der Waals surface area contributed by atoms with Crippen LogP contribution in [0.5, 0.6) is 0 Å². The Morgan fingerprint density at radius 1 is 1.29 bits per heavy atom. The number of non-ortho nitro benzene ring substituents is 1. The molecular formula is C11H9N3O3. The molecule has 2 aromatic rings. The molecule has 0 aliphatic heterocycles. The highest BCUT2D eigenvalue weighted by Crippen LogP contribution is 2.39. The average molecular weight is 231 g/mol. The first-order chi connectivity index (χ1) is 8.24. The zero-order valence-corrected chi connectivity index (χ0v) is 8.87. The predicted octanol–water partition coefficient (Wildman–Crippen LogP) is 2.52. The summed E-state index contributed by atoms with van der Waals surface area (Å²) in [6.45, 7) is 0. The van der Waals surface area contributed by atoms with Crippen molar-refractivity contribution < 1.29 is 9.45 Å². The number of hydrogen-bond acceptors (Lipinski definition) is 5. The van der Waals surface area contributed by atoms with Crippen molar-refractivity contribution in [3.8, 4) is 11.4 Å². The molecule has 0 atom stereocenters. The van der Waals surface area contributed by atoms with Crippen molar-refractivity contribution in [2.24, 2.45) is 0 Å². The lowest BCUT2D eigenvalue weighted by atomic mass is 10.2. The van der Waals surface area contributed by atoms with Crippen molar-refractivity contribution in [2.75, 3.05) is 0 Å². The monoisotopic (exact) mass is 231 g/mol. The largest absolute Gasteiger partial charge is 0.339 e. The van der Waals surface area contributed by atoms with Crippen molar-refractivity contribution in [1.29, 1.82) is 0 Å². The topological polar surface area (TPSA) is 82.1 Å². The van der Waals surface area contributed by atoms with Crippen molar-refractivity contribution in [1.82, 2.24) is 10.1 Å². The summed E-state index contributed by atoms with van der Waals surface area (Å²) in [5.74, 6) is 1.56. The number of nitro groups is 1. The summed E-state index contributed by atoms with van der Waals surface area (Å²) in [5.41, 5.74) is 0.783. The van der Waals surface area contributed by atoms with E-state index in [0.29, 0.717) is 17.6 Å². The van der Waals surface area contributed by atoms with E-state index in [0.717, 1.165) is 18.4 Å². The highest BCUT2D eigenvalue weighted by atomic mass is 16.6. The molecule has 1 saturated carbocycles. The zero-order valence-electron chi connectivity index (χ0n) is 8.87. The lowest BCUT2D eigenvalue weighted by Gasteiger charge is -1.93. The molecule has 1 aliphatic carbocycles. The van der Waals surface area contributed by atoms with Crippen LogP contribution in [0.2, 0.25) is 0 Å². The second-order valence-electron chi connectivity index (χ2n) is 4.03. The van der Waals surface area contributed by atoms with Crippen molar-refractivity contribution in [3.05, 3.63) is 40.3 Å². The molecule has 0 saturated heterocycles. The van der Waals surface area contributed by atoms with Gasteiger partial charge in [-0.3, -0.25) is 10.1 Å². The minimum atomic E-state index is -0.435. The maximum Gasteiger partial charge on any atom is 0.269 e. The number of rotatable bonds is 3. The van der Waals surface area contributed by atoms with Crippen LogP contribution in [0, 0.1) is 10.1 Å². The lowest BCUT2D eigenvalue weighted by molar-refractivity contribution is -0.384.